The number of hydrogen-bond acceptors (Lipinski definition) is 5. The van der Waals surface area contributed by atoms with Crippen LogP contribution in [-0.4, -0.2) is 64.1 Å². The summed E-state index contributed by atoms with van der Waals surface area (Å²) in [5.41, 5.74) is 1.40. The number of para-hydroxylation sites is 1. The number of carbonyl (C=O) groups excluding carboxylic acids is 2. The molecule has 9 heteroatoms. The van der Waals surface area contributed by atoms with E-state index in [1.807, 2.05) is 30.3 Å². The Kier molecular flexibility index (Phi) is 5.85. The lowest BCUT2D eigenvalue weighted by Crippen LogP contribution is -2.50. The average Bonchev–Trinajstić information content (AvgIpc) is 2.79. The van der Waals surface area contributed by atoms with Gasteiger partial charge >= 0.3 is 6.09 Å². The molecular formula is C22H22N4O4S. The Hall–Kier alpha value is -3.46. The Labute approximate surface area is 183 Å². The molecule has 1 saturated heterocycles. The smallest absolute Gasteiger partial charge is 0.409 e. The number of fused-ring (bicyclic) bond motifs is 1. The van der Waals surface area contributed by atoms with Crippen LogP contribution in [0.2, 0.25) is 0 Å². The lowest BCUT2D eigenvalue weighted by Gasteiger charge is -2.34. The number of H-pyrrole nitrogens is 1. The zero-order valence-corrected chi connectivity index (χ0v) is 17.9. The minimum absolute atomic E-state index is 0.156. The van der Waals surface area contributed by atoms with E-state index < -0.39 is 0 Å². The number of aromatic amines is 1. The molecule has 1 aromatic heterocycles. The lowest BCUT2D eigenvalue weighted by molar-refractivity contribution is 0.0570. The van der Waals surface area contributed by atoms with Gasteiger partial charge in [0, 0.05) is 31.7 Å². The maximum Gasteiger partial charge on any atom is 0.409 e. The number of nitrogens with one attached hydrogen (secondary N) is 1. The van der Waals surface area contributed by atoms with Crippen molar-refractivity contribution in [2.24, 2.45) is 0 Å². The molecule has 4 rings (SSSR count). The number of benzene rings is 2. The normalized spacial score (nSPS) is 14.0. The number of ether oxygens (including phenoxy) is 1. The SMILES string of the molecule is CCOC(=O)N1CCN(C(=O)c2ccc3c(=O)n(-c4ccccc4)c(=S)[nH]c3c2)CC1. The zero-order valence-electron chi connectivity index (χ0n) is 17.0. The van der Waals surface area contributed by atoms with E-state index in [0.29, 0.717) is 54.9 Å². The van der Waals surface area contributed by atoms with Gasteiger partial charge in [-0.05, 0) is 49.5 Å². The van der Waals surface area contributed by atoms with Gasteiger partial charge in [0.25, 0.3) is 11.5 Å². The number of hydrogen-bond donors (Lipinski definition) is 1. The molecule has 1 aliphatic rings. The fraction of sp³-hybridized carbons (Fsp3) is 0.273. The molecule has 3 aromatic rings. The molecule has 0 aliphatic carbocycles. The van der Waals surface area contributed by atoms with Gasteiger partial charge in [0.15, 0.2) is 4.77 Å². The Morgan fingerprint density at radius 1 is 1.03 bits per heavy atom. The highest BCUT2D eigenvalue weighted by atomic mass is 32.1. The van der Waals surface area contributed by atoms with Crippen molar-refractivity contribution in [3.8, 4) is 5.69 Å². The molecule has 160 valence electrons. The van der Waals surface area contributed by atoms with E-state index in [-0.39, 0.29) is 22.3 Å². The maximum absolute atomic E-state index is 13.0. The van der Waals surface area contributed by atoms with E-state index in [9.17, 15) is 14.4 Å². The highest BCUT2D eigenvalue weighted by Gasteiger charge is 2.25. The predicted octanol–water partition coefficient (Wildman–Crippen LogP) is 2.96. The van der Waals surface area contributed by atoms with Crippen LogP contribution in [0.1, 0.15) is 17.3 Å². The third-order valence-corrected chi connectivity index (χ3v) is 5.54. The number of amides is 2. The van der Waals surface area contributed by atoms with E-state index in [4.69, 9.17) is 17.0 Å². The van der Waals surface area contributed by atoms with Crippen molar-refractivity contribution in [2.45, 2.75) is 6.92 Å². The molecule has 1 aliphatic heterocycles. The zero-order chi connectivity index (χ0) is 22.0. The van der Waals surface area contributed by atoms with Gasteiger partial charge in [-0.15, -0.1) is 0 Å². The number of nitrogens with zero attached hydrogens (tertiary/aromatic N) is 3. The van der Waals surface area contributed by atoms with Gasteiger partial charge in [0.1, 0.15) is 0 Å². The molecule has 0 saturated carbocycles. The van der Waals surface area contributed by atoms with Crippen molar-refractivity contribution in [3.05, 3.63) is 69.2 Å². The van der Waals surface area contributed by atoms with Crippen LogP contribution in [0.5, 0.6) is 0 Å². The van der Waals surface area contributed by atoms with E-state index in [1.165, 1.54) is 4.57 Å². The molecule has 0 unspecified atom stereocenters. The highest BCUT2D eigenvalue weighted by Crippen LogP contribution is 2.16. The van der Waals surface area contributed by atoms with Gasteiger partial charge in [-0.1, -0.05) is 18.2 Å². The molecular weight excluding hydrogens is 416 g/mol. The number of aromatic nitrogens is 2. The number of rotatable bonds is 3. The van der Waals surface area contributed by atoms with Crippen LogP contribution in [0, 0.1) is 4.77 Å². The molecule has 1 N–H and O–H groups in total. The predicted molar refractivity (Wildman–Crippen MR) is 119 cm³/mol. The van der Waals surface area contributed by atoms with E-state index in [2.05, 4.69) is 4.98 Å². The minimum Gasteiger partial charge on any atom is -0.450 e. The topological polar surface area (TPSA) is 87.6 Å². The molecule has 0 bridgehead atoms. The van der Waals surface area contributed by atoms with Crippen molar-refractivity contribution < 1.29 is 14.3 Å². The fourth-order valence-electron chi connectivity index (χ4n) is 3.65. The first-order valence-corrected chi connectivity index (χ1v) is 10.5. The second-order valence-electron chi connectivity index (χ2n) is 7.14. The second-order valence-corrected chi connectivity index (χ2v) is 7.53. The quantitative estimate of drug-likeness (QED) is 0.636. The van der Waals surface area contributed by atoms with Crippen LogP contribution >= 0.6 is 12.2 Å². The van der Waals surface area contributed by atoms with Gasteiger partial charge in [0.2, 0.25) is 0 Å². The molecule has 1 fully saturated rings. The lowest BCUT2D eigenvalue weighted by atomic mass is 10.1. The average molecular weight is 439 g/mol. The van der Waals surface area contributed by atoms with E-state index in [1.54, 1.807) is 34.9 Å². The van der Waals surface area contributed by atoms with Crippen LogP contribution in [0.25, 0.3) is 16.6 Å². The molecule has 2 aromatic carbocycles. The molecule has 0 atom stereocenters. The highest BCUT2D eigenvalue weighted by molar-refractivity contribution is 7.71. The van der Waals surface area contributed by atoms with Crippen molar-refractivity contribution >= 4 is 35.1 Å². The summed E-state index contributed by atoms with van der Waals surface area (Å²) in [6, 6.07) is 14.1. The van der Waals surface area contributed by atoms with Gasteiger partial charge in [0.05, 0.1) is 23.2 Å². The van der Waals surface area contributed by atoms with Crippen LogP contribution in [0.4, 0.5) is 4.79 Å². The summed E-state index contributed by atoms with van der Waals surface area (Å²) in [5, 5.41) is 0.445. The summed E-state index contributed by atoms with van der Waals surface area (Å²) in [4.78, 5) is 44.2. The summed E-state index contributed by atoms with van der Waals surface area (Å²) in [6.07, 6.45) is -0.359. The van der Waals surface area contributed by atoms with Crippen molar-refractivity contribution in [3.63, 3.8) is 0 Å². The van der Waals surface area contributed by atoms with Crippen molar-refractivity contribution in [1.29, 1.82) is 0 Å². The standard InChI is InChI=1S/C22H22N4O4S/c1-2-30-22(29)25-12-10-24(11-13-25)19(27)15-8-9-17-18(14-15)23-21(31)26(20(17)28)16-6-4-3-5-7-16/h3-9,14H,2,10-13H2,1H3,(H,23,31). The van der Waals surface area contributed by atoms with Gasteiger partial charge in [-0.3, -0.25) is 14.2 Å². The first kappa shape index (κ1) is 20.8. The Morgan fingerprint density at radius 3 is 2.39 bits per heavy atom. The third-order valence-electron chi connectivity index (χ3n) is 5.25. The summed E-state index contributed by atoms with van der Waals surface area (Å²) in [6.45, 7) is 3.76. The summed E-state index contributed by atoms with van der Waals surface area (Å²) >= 11 is 5.40. The van der Waals surface area contributed by atoms with Crippen LogP contribution in [-0.2, 0) is 4.74 Å². The van der Waals surface area contributed by atoms with Crippen molar-refractivity contribution in [2.75, 3.05) is 32.8 Å². The Morgan fingerprint density at radius 2 is 1.71 bits per heavy atom. The van der Waals surface area contributed by atoms with E-state index >= 15 is 0 Å². The summed E-state index contributed by atoms with van der Waals surface area (Å²) in [5.74, 6) is -0.156. The minimum atomic E-state index is -0.359. The first-order chi connectivity index (χ1) is 15.0. The van der Waals surface area contributed by atoms with Crippen LogP contribution in [0.3, 0.4) is 0 Å². The van der Waals surface area contributed by atoms with Gasteiger partial charge < -0.3 is 19.5 Å². The van der Waals surface area contributed by atoms with E-state index in [0.717, 1.165) is 0 Å². The first-order valence-electron chi connectivity index (χ1n) is 10.0. The monoisotopic (exact) mass is 438 g/mol. The largest absolute Gasteiger partial charge is 0.450 e. The molecule has 2 amide bonds. The summed E-state index contributed by atoms with van der Waals surface area (Å²) < 4.78 is 6.71. The molecule has 8 nitrogen and oxygen atoms in total. The van der Waals surface area contributed by atoms with Crippen LogP contribution < -0.4 is 5.56 Å². The Bertz CT molecular complexity index is 1240. The third kappa shape index (κ3) is 4.09. The van der Waals surface area contributed by atoms with Gasteiger partial charge in [-0.25, -0.2) is 4.79 Å². The number of piperazine rings is 1. The van der Waals surface area contributed by atoms with Gasteiger partial charge in [-0.2, -0.15) is 0 Å². The second kappa shape index (κ2) is 8.73. The number of carbonyl (C=O) groups is 2. The van der Waals surface area contributed by atoms with Crippen LogP contribution in [0.15, 0.2) is 53.3 Å². The molecule has 2 heterocycles. The molecule has 31 heavy (non-hydrogen) atoms. The maximum atomic E-state index is 13.0. The molecule has 0 spiro atoms. The fourth-order valence-corrected chi connectivity index (χ4v) is 3.95. The van der Waals surface area contributed by atoms with Crippen molar-refractivity contribution in [1.82, 2.24) is 19.4 Å². The molecule has 0 radical (unpaired) electrons. The summed E-state index contributed by atoms with van der Waals surface area (Å²) in [7, 11) is 0. The Balaban J connectivity index is 1.59.